The monoisotopic (exact) mass is 462 g/mol. The molecule has 0 radical (unpaired) electrons. The highest BCUT2D eigenvalue weighted by Crippen LogP contribution is 2.29. The van der Waals surface area contributed by atoms with Crippen molar-refractivity contribution in [1.29, 1.82) is 0 Å². The highest BCUT2D eigenvalue weighted by Gasteiger charge is 2.15. The van der Waals surface area contributed by atoms with Gasteiger partial charge in [-0.1, -0.05) is 60.1 Å². The van der Waals surface area contributed by atoms with Crippen LogP contribution in [0.15, 0.2) is 78.9 Å². The first-order valence-electron chi connectivity index (χ1n) is 9.72. The van der Waals surface area contributed by atoms with E-state index in [2.05, 4.69) is 21.2 Å². The van der Waals surface area contributed by atoms with Gasteiger partial charge in [-0.15, -0.1) is 0 Å². The number of thiocarbonyl (C=S) groups is 1. The van der Waals surface area contributed by atoms with E-state index >= 15 is 0 Å². The normalized spacial score (nSPS) is 10.4. The Morgan fingerprint density at radius 3 is 2.50 bits per heavy atom. The molecule has 8 heteroatoms. The zero-order chi connectivity index (χ0) is 22.5. The number of anilines is 1. The number of nitrogens with one attached hydrogen (secondary N) is 3. The summed E-state index contributed by atoms with van der Waals surface area (Å²) < 4.78 is 5.30. The first-order chi connectivity index (χ1) is 15.6. The summed E-state index contributed by atoms with van der Waals surface area (Å²) >= 11 is 11.7. The van der Waals surface area contributed by atoms with E-state index in [1.807, 2.05) is 66.7 Å². The van der Waals surface area contributed by atoms with Crippen LogP contribution in [-0.2, 0) is 0 Å². The lowest BCUT2D eigenvalue weighted by Crippen LogP contribution is -2.43. The number of nitrogens with zero attached hydrogens (tertiary/aromatic N) is 1. The Kier molecular flexibility index (Phi) is 6.49. The van der Waals surface area contributed by atoms with E-state index in [1.54, 1.807) is 19.2 Å². The lowest BCUT2D eigenvalue weighted by Gasteiger charge is -2.15. The van der Waals surface area contributed by atoms with Gasteiger partial charge >= 0.3 is 0 Å². The number of amides is 1. The molecule has 0 aliphatic carbocycles. The zero-order valence-corrected chi connectivity index (χ0v) is 18.6. The van der Waals surface area contributed by atoms with Crippen LogP contribution in [0.1, 0.15) is 10.4 Å². The van der Waals surface area contributed by atoms with Gasteiger partial charge in [-0.25, -0.2) is 4.98 Å². The third-order valence-electron chi connectivity index (χ3n) is 4.76. The molecule has 6 nitrogen and oxygen atoms in total. The molecule has 1 amide bonds. The van der Waals surface area contributed by atoms with Gasteiger partial charge in [0.15, 0.2) is 5.11 Å². The van der Waals surface area contributed by atoms with Crippen molar-refractivity contribution in [1.82, 2.24) is 15.8 Å². The van der Waals surface area contributed by atoms with Crippen molar-refractivity contribution in [2.24, 2.45) is 0 Å². The summed E-state index contributed by atoms with van der Waals surface area (Å²) in [5, 5.41) is 4.49. The second-order valence-electron chi connectivity index (χ2n) is 6.79. The Balaban J connectivity index is 1.58. The maximum atomic E-state index is 13.1. The van der Waals surface area contributed by atoms with E-state index < -0.39 is 0 Å². The summed E-state index contributed by atoms with van der Waals surface area (Å²) in [5.74, 6) is 0.272. The van der Waals surface area contributed by atoms with Crippen molar-refractivity contribution >= 4 is 51.4 Å². The topological polar surface area (TPSA) is 75.3 Å². The van der Waals surface area contributed by atoms with Crippen LogP contribution >= 0.6 is 23.8 Å². The summed E-state index contributed by atoms with van der Waals surface area (Å²) in [6.07, 6.45) is 0. The molecule has 0 aliphatic rings. The van der Waals surface area contributed by atoms with Crippen LogP contribution in [0.2, 0.25) is 5.02 Å². The standard InChI is InChI=1S/C24H19ClN4O2S/c1-31-22-13-7-6-12-20(22)27-24(32)29-28-23(30)17-14-21(16-9-2-4-10-18(16)25)26-19-11-5-3-8-15(17)19/h2-14H,1H3,(H,28,30)(H2,27,29,32). The summed E-state index contributed by atoms with van der Waals surface area (Å²) in [5.41, 5.74) is 8.54. The number of aromatic nitrogens is 1. The number of carbonyl (C=O) groups excluding carboxylic acids is 1. The second kappa shape index (κ2) is 9.64. The van der Waals surface area contributed by atoms with Crippen molar-refractivity contribution in [3.63, 3.8) is 0 Å². The lowest BCUT2D eigenvalue weighted by molar-refractivity contribution is 0.0946. The minimum absolute atomic E-state index is 0.215. The number of rotatable bonds is 4. The molecule has 4 rings (SSSR count). The molecule has 3 aromatic carbocycles. The van der Waals surface area contributed by atoms with Crippen LogP contribution in [0, 0.1) is 0 Å². The summed E-state index contributed by atoms with van der Waals surface area (Å²) in [7, 11) is 1.57. The van der Waals surface area contributed by atoms with E-state index in [1.165, 1.54) is 0 Å². The van der Waals surface area contributed by atoms with Crippen molar-refractivity contribution in [2.45, 2.75) is 0 Å². The molecule has 1 aromatic heterocycles. The molecule has 4 aromatic rings. The number of benzene rings is 3. The number of hydrogen-bond acceptors (Lipinski definition) is 4. The molecular weight excluding hydrogens is 444 g/mol. The van der Waals surface area contributed by atoms with Crippen LogP contribution in [0.4, 0.5) is 5.69 Å². The number of methoxy groups -OCH3 is 1. The van der Waals surface area contributed by atoms with Crippen molar-refractivity contribution < 1.29 is 9.53 Å². The highest BCUT2D eigenvalue weighted by molar-refractivity contribution is 7.80. The van der Waals surface area contributed by atoms with Gasteiger partial charge in [-0.3, -0.25) is 15.6 Å². The molecule has 0 saturated heterocycles. The van der Waals surface area contributed by atoms with Crippen molar-refractivity contribution in [3.8, 4) is 17.0 Å². The fourth-order valence-corrected chi connectivity index (χ4v) is 3.65. The third kappa shape index (κ3) is 4.64. The second-order valence-corrected chi connectivity index (χ2v) is 7.60. The quantitative estimate of drug-likeness (QED) is 0.286. The van der Waals surface area contributed by atoms with Crippen LogP contribution in [0.25, 0.3) is 22.2 Å². The van der Waals surface area contributed by atoms with Crippen molar-refractivity contribution in [2.75, 3.05) is 12.4 Å². The van der Waals surface area contributed by atoms with Gasteiger partial charge in [-0.05, 0) is 42.5 Å². The van der Waals surface area contributed by atoms with E-state index in [9.17, 15) is 4.79 Å². The first kappa shape index (κ1) is 21.5. The SMILES string of the molecule is COc1ccccc1NC(=S)NNC(=O)c1cc(-c2ccccc2Cl)nc2ccccc12. The summed E-state index contributed by atoms with van der Waals surface area (Å²) in [6.45, 7) is 0. The predicted octanol–water partition coefficient (Wildman–Crippen LogP) is 5.20. The Bertz CT molecular complexity index is 1310. The van der Waals surface area contributed by atoms with E-state index in [0.29, 0.717) is 38.6 Å². The van der Waals surface area contributed by atoms with E-state index in [4.69, 9.17) is 28.6 Å². The molecule has 0 aliphatic heterocycles. The largest absolute Gasteiger partial charge is 0.495 e. The molecule has 3 N–H and O–H groups in total. The molecule has 0 spiro atoms. The molecule has 0 fully saturated rings. The third-order valence-corrected chi connectivity index (χ3v) is 5.29. The van der Waals surface area contributed by atoms with Gasteiger partial charge in [-0.2, -0.15) is 0 Å². The maximum absolute atomic E-state index is 13.1. The summed E-state index contributed by atoms with van der Waals surface area (Å²) in [6, 6.07) is 23.9. The number of halogens is 1. The van der Waals surface area contributed by atoms with Gasteiger partial charge < -0.3 is 10.1 Å². The molecular formula is C24H19ClN4O2S. The number of hydrazine groups is 1. The fraction of sp³-hybridized carbons (Fsp3) is 0.0417. The predicted molar refractivity (Wildman–Crippen MR) is 132 cm³/mol. The molecule has 160 valence electrons. The number of fused-ring (bicyclic) bond motifs is 1. The zero-order valence-electron chi connectivity index (χ0n) is 17.1. The molecule has 32 heavy (non-hydrogen) atoms. The smallest absolute Gasteiger partial charge is 0.270 e. The lowest BCUT2D eigenvalue weighted by atomic mass is 10.0. The van der Waals surface area contributed by atoms with Crippen LogP contribution < -0.4 is 20.9 Å². The molecule has 1 heterocycles. The van der Waals surface area contributed by atoms with Crippen LogP contribution in [-0.4, -0.2) is 23.1 Å². The fourth-order valence-electron chi connectivity index (χ4n) is 3.25. The number of para-hydroxylation sites is 3. The van der Waals surface area contributed by atoms with E-state index in [-0.39, 0.29) is 11.0 Å². The average Bonchev–Trinajstić information content (AvgIpc) is 2.82. The molecule has 0 atom stereocenters. The van der Waals surface area contributed by atoms with Crippen molar-refractivity contribution in [3.05, 3.63) is 89.4 Å². The number of pyridine rings is 1. The van der Waals surface area contributed by atoms with Gasteiger partial charge in [0.05, 0.1) is 29.6 Å². The number of hydrogen-bond donors (Lipinski definition) is 3. The molecule has 0 saturated carbocycles. The molecule has 0 bridgehead atoms. The van der Waals surface area contributed by atoms with Gasteiger partial charge in [0.2, 0.25) is 0 Å². The Labute approximate surface area is 195 Å². The minimum atomic E-state index is -0.360. The first-order valence-corrected chi connectivity index (χ1v) is 10.5. The van der Waals surface area contributed by atoms with Gasteiger partial charge in [0, 0.05) is 16.0 Å². The van der Waals surface area contributed by atoms with Gasteiger partial charge in [0.25, 0.3) is 5.91 Å². The van der Waals surface area contributed by atoms with Crippen LogP contribution in [0.3, 0.4) is 0 Å². The highest BCUT2D eigenvalue weighted by atomic mass is 35.5. The Hall–Kier alpha value is -3.68. The van der Waals surface area contributed by atoms with Crippen LogP contribution in [0.5, 0.6) is 5.75 Å². The Morgan fingerprint density at radius 2 is 1.69 bits per heavy atom. The maximum Gasteiger partial charge on any atom is 0.270 e. The summed E-state index contributed by atoms with van der Waals surface area (Å²) in [4.78, 5) is 17.7. The van der Waals surface area contributed by atoms with E-state index in [0.717, 1.165) is 5.56 Å². The number of carbonyl (C=O) groups is 1. The van der Waals surface area contributed by atoms with Gasteiger partial charge in [0.1, 0.15) is 5.75 Å². The molecule has 0 unspecified atom stereocenters. The Morgan fingerprint density at radius 1 is 0.969 bits per heavy atom. The average molecular weight is 463 g/mol. The number of ether oxygens (including phenoxy) is 1. The minimum Gasteiger partial charge on any atom is -0.495 e.